The molecule has 0 aliphatic carbocycles. The van der Waals surface area contributed by atoms with Gasteiger partial charge in [-0.25, -0.2) is 18.5 Å². The number of rotatable bonds is 30. The lowest BCUT2D eigenvalue weighted by Crippen LogP contribution is -2.33. The summed E-state index contributed by atoms with van der Waals surface area (Å²) in [5.74, 6) is 0.637. The first-order valence-electron chi connectivity index (χ1n) is 26.2. The van der Waals surface area contributed by atoms with Crippen LogP contribution in [0.5, 0.6) is 0 Å². The SMILES string of the molecule is CCN1C(=CC=CC=CC2=[N+](CCCCCC(=O)NCCSSCCC(=O)NC/C=C/c3cn([C@H]4C[C@@H](O)[C@@H](COP(=O)(O)OP(=O)(O)OP(=O)(O)O)O4)c(=O)[nH]c3=O)c3ccc(S(=O)(=O)O)cc3C2(C)C)C(C)(C)c2cc(S(=O)(=O)O)ccc21. The van der Waals surface area contributed by atoms with Crippen LogP contribution in [0, 0.1) is 0 Å². The van der Waals surface area contributed by atoms with E-state index in [2.05, 4.69) is 38.2 Å². The third kappa shape index (κ3) is 18.9. The number of anilines is 1. The fourth-order valence-corrected chi connectivity index (χ4v) is 15.6. The van der Waals surface area contributed by atoms with Crippen molar-refractivity contribution < 1.29 is 96.4 Å². The van der Waals surface area contributed by atoms with Crippen molar-refractivity contribution >= 4 is 100 Å². The van der Waals surface area contributed by atoms with Gasteiger partial charge in [0, 0.05) is 97.5 Å². The zero-order chi connectivity index (χ0) is 62.9. The maximum absolute atomic E-state index is 12.7. The van der Waals surface area contributed by atoms with Gasteiger partial charge in [0.1, 0.15) is 18.9 Å². The monoisotopic (exact) mass is 1330 g/mol. The Morgan fingerprint density at radius 2 is 1.49 bits per heavy atom. The molecule has 35 heteroatoms. The summed E-state index contributed by atoms with van der Waals surface area (Å²) in [5.41, 5.74) is 1.92. The number of aromatic nitrogens is 2. The van der Waals surface area contributed by atoms with E-state index in [4.69, 9.17) is 14.5 Å². The van der Waals surface area contributed by atoms with Gasteiger partial charge < -0.3 is 45.0 Å². The van der Waals surface area contributed by atoms with Gasteiger partial charge in [-0.2, -0.15) is 30.0 Å². The number of fused-ring (bicyclic) bond motifs is 2. The molecule has 3 aliphatic rings. The highest BCUT2D eigenvalue weighted by molar-refractivity contribution is 8.76. The predicted molar refractivity (Wildman–Crippen MR) is 316 cm³/mol. The highest BCUT2D eigenvalue weighted by atomic mass is 33.1. The van der Waals surface area contributed by atoms with Crippen molar-refractivity contribution in [2.45, 2.75) is 112 Å². The largest absolute Gasteiger partial charge is 0.490 e. The number of aromatic amines is 1. The Balaban J connectivity index is 0.905. The van der Waals surface area contributed by atoms with Crippen molar-refractivity contribution in [1.29, 1.82) is 0 Å². The number of nitrogens with zero attached hydrogens (tertiary/aromatic N) is 3. The molecule has 5 atom stereocenters. The minimum atomic E-state index is -5.80. The van der Waals surface area contributed by atoms with Gasteiger partial charge >= 0.3 is 29.2 Å². The van der Waals surface area contributed by atoms with Crippen molar-refractivity contribution in [2.75, 3.05) is 49.2 Å². The molecule has 85 heavy (non-hydrogen) atoms. The van der Waals surface area contributed by atoms with Crippen molar-refractivity contribution in [1.82, 2.24) is 20.2 Å². The lowest BCUT2D eigenvalue weighted by atomic mass is 9.81. The zero-order valence-electron chi connectivity index (χ0n) is 46.6. The Hall–Kier alpha value is -4.66. The minimum Gasteiger partial charge on any atom is -0.390 e. The van der Waals surface area contributed by atoms with E-state index >= 15 is 0 Å². The summed E-state index contributed by atoms with van der Waals surface area (Å²) in [6, 6.07) is 9.14. The van der Waals surface area contributed by atoms with Crippen molar-refractivity contribution in [2.24, 2.45) is 0 Å². The first-order chi connectivity index (χ1) is 39.5. The van der Waals surface area contributed by atoms with Crippen molar-refractivity contribution in [3.63, 3.8) is 0 Å². The number of aliphatic hydroxyl groups is 1. The predicted octanol–water partition coefficient (Wildman–Crippen LogP) is 5.49. The number of ether oxygens (including phenoxy) is 1. The number of carbonyl (C=O) groups excluding carboxylic acids is 2. The average Bonchev–Trinajstić information content (AvgIpc) is 3.86. The number of aliphatic hydroxyl groups excluding tert-OH is 1. The Morgan fingerprint density at radius 3 is 2.16 bits per heavy atom. The molecule has 0 radical (unpaired) electrons. The quantitative estimate of drug-likeness (QED) is 0.00984. The lowest BCUT2D eigenvalue weighted by molar-refractivity contribution is -0.438. The lowest BCUT2D eigenvalue weighted by Gasteiger charge is -2.25. The molecule has 4 heterocycles. The number of likely N-dealkylation sites (N-methyl/N-ethyl adjacent to an activating group) is 1. The number of phosphoric acid groups is 3. The van der Waals surface area contributed by atoms with Gasteiger partial charge in [0.05, 0.1) is 33.5 Å². The minimum absolute atomic E-state index is 0.00675. The topological polar surface area (TPSA) is 417 Å². The molecule has 10 N–H and O–H groups in total. The number of H-pyrrole nitrogens is 1. The van der Waals surface area contributed by atoms with E-state index in [1.54, 1.807) is 12.1 Å². The van der Waals surface area contributed by atoms with Crippen LogP contribution < -0.4 is 26.8 Å². The molecular weight excluding hydrogens is 1260 g/mol. The second kappa shape index (κ2) is 28.7. The first kappa shape index (κ1) is 69.4. The molecule has 1 fully saturated rings. The molecule has 0 saturated carbocycles. The second-order valence-corrected chi connectivity index (χ2v) is 30.4. The van der Waals surface area contributed by atoms with E-state index in [1.165, 1.54) is 58.0 Å². The van der Waals surface area contributed by atoms with E-state index < -0.39 is 90.8 Å². The molecule has 3 aliphatic heterocycles. The summed E-state index contributed by atoms with van der Waals surface area (Å²) in [7, 11) is -22.9. The molecule has 0 bridgehead atoms. The fourth-order valence-electron chi connectivity index (χ4n) is 9.66. The molecule has 2 aromatic carbocycles. The Morgan fingerprint density at radius 1 is 0.835 bits per heavy atom. The summed E-state index contributed by atoms with van der Waals surface area (Å²) in [4.78, 5) is 90.5. The molecular formula is C50H68N6O22P3S4+. The highest BCUT2D eigenvalue weighted by Gasteiger charge is 2.46. The van der Waals surface area contributed by atoms with Gasteiger partial charge in [-0.15, -0.1) is 0 Å². The second-order valence-electron chi connectivity index (χ2n) is 20.5. The van der Waals surface area contributed by atoms with Crippen LogP contribution in [0.4, 0.5) is 11.4 Å². The zero-order valence-corrected chi connectivity index (χ0v) is 52.5. The Labute approximate surface area is 497 Å². The summed E-state index contributed by atoms with van der Waals surface area (Å²) < 4.78 is 123. The van der Waals surface area contributed by atoms with Crippen LogP contribution in [-0.4, -0.2) is 139 Å². The molecule has 0 spiro atoms. The van der Waals surface area contributed by atoms with E-state index in [1.807, 2.05) is 65.0 Å². The summed E-state index contributed by atoms with van der Waals surface area (Å²) in [6.07, 6.45) is 11.5. The number of hydrogen-bond donors (Lipinski definition) is 10. The summed E-state index contributed by atoms with van der Waals surface area (Å²) in [5, 5.41) is 16.0. The van der Waals surface area contributed by atoms with Crippen molar-refractivity contribution in [3.8, 4) is 0 Å². The van der Waals surface area contributed by atoms with Crippen LogP contribution in [0.25, 0.3) is 6.08 Å². The first-order valence-corrected chi connectivity index (χ1v) is 36.1. The molecule has 6 rings (SSSR count). The normalized spacial score (nSPS) is 20.6. The number of phosphoric ester groups is 1. The van der Waals surface area contributed by atoms with Crippen LogP contribution in [-0.2, 0) is 72.2 Å². The van der Waals surface area contributed by atoms with E-state index in [0.717, 1.165) is 44.7 Å². The molecule has 1 aromatic heterocycles. The fraction of sp³-hybridized carbons (Fsp3) is 0.460. The molecule has 468 valence electrons. The number of carbonyl (C=O) groups is 2. The van der Waals surface area contributed by atoms with E-state index in [-0.39, 0.29) is 46.6 Å². The highest BCUT2D eigenvalue weighted by Crippen LogP contribution is 2.66. The van der Waals surface area contributed by atoms with Gasteiger partial charge in [0.2, 0.25) is 17.5 Å². The summed E-state index contributed by atoms with van der Waals surface area (Å²) in [6.45, 7) is 10.5. The van der Waals surface area contributed by atoms with Gasteiger partial charge in [-0.3, -0.25) is 37.6 Å². The number of unbranched alkanes of at least 4 members (excludes halogenated alkanes) is 2. The standard InChI is InChI=1S/C50H67N6O22P3S4/c1-6-54-38-20-18-34(84(69,70)71)28-36(38)49(2,3)42(54)15-9-7-10-16-43-50(4,5)37-29-35(85(72,73)74)19-21-39(37)55(43)25-12-8-11-17-44(58)52-24-27-83-82-26-22-45(59)51-23-13-14-33-31-56(48(61)53-47(33)60)46-30-40(57)41(76-46)32-75-80(65,66)78-81(67,68)77-79(62,63)64/h7,9-10,13-16,18-21,28-29,31,40-41,46,57H,6,8,11-12,17,22-27,30,32H2,1-5H3,(H8-,51,52,53,58,59,60,61,62,63,64,65,66,67,68,69,70,71,72,73,74)/p+1/b14-13+/t40-,41-,46-/m1/s1. The number of hydrogen-bond acceptors (Lipinski definition) is 19. The molecule has 1 saturated heterocycles. The number of allylic oxidation sites excluding steroid dienone is 6. The van der Waals surface area contributed by atoms with Gasteiger partial charge in [0.15, 0.2) is 5.71 Å². The smallest absolute Gasteiger partial charge is 0.390 e. The maximum atomic E-state index is 12.7. The van der Waals surface area contributed by atoms with Crippen LogP contribution in [0.1, 0.15) is 96.1 Å². The number of nitrogens with one attached hydrogen (secondary N) is 3. The Bertz CT molecular complexity index is 3670. The summed E-state index contributed by atoms with van der Waals surface area (Å²) >= 11 is 0. The van der Waals surface area contributed by atoms with Gasteiger partial charge in [0.25, 0.3) is 25.8 Å². The average molecular weight is 1330 g/mol. The molecule has 2 unspecified atom stereocenters. The van der Waals surface area contributed by atoms with Crippen LogP contribution in [0.15, 0.2) is 104 Å². The Kier molecular flexibility index (Phi) is 23.4. The third-order valence-electron chi connectivity index (χ3n) is 13.7. The third-order valence-corrected chi connectivity index (χ3v) is 21.6. The molecule has 28 nitrogen and oxygen atoms in total. The number of amides is 2. The van der Waals surface area contributed by atoms with Crippen LogP contribution in [0.2, 0.25) is 0 Å². The molecule has 2 amide bonds. The van der Waals surface area contributed by atoms with Crippen molar-refractivity contribution in [3.05, 3.63) is 122 Å². The molecule has 3 aromatic rings. The van der Waals surface area contributed by atoms with Crippen LogP contribution in [0.3, 0.4) is 0 Å². The number of benzene rings is 2. The maximum Gasteiger partial charge on any atom is 0.490 e. The van der Waals surface area contributed by atoms with Gasteiger partial charge in [-0.1, -0.05) is 65.8 Å². The van der Waals surface area contributed by atoms with Crippen LogP contribution >= 0.6 is 45.1 Å². The van der Waals surface area contributed by atoms with E-state index in [9.17, 15) is 73.7 Å². The van der Waals surface area contributed by atoms with Gasteiger partial charge in [-0.05, 0) is 75.6 Å². The van der Waals surface area contributed by atoms with E-state index in [0.29, 0.717) is 56.8 Å².